The predicted molar refractivity (Wildman–Crippen MR) is 78.5 cm³/mol. The standard InChI is InChI=1S/C8H22N2P4/c1-2-12-6-10-8-14-4-3-13-7-9-5-11-1/h9-14H,1-8H2. The lowest BCUT2D eigenvalue weighted by atomic mass is 11.0. The zero-order valence-electron chi connectivity index (χ0n) is 8.66. The van der Waals surface area contributed by atoms with Gasteiger partial charge in [0.1, 0.15) is 0 Å². The van der Waals surface area contributed by atoms with E-state index < -0.39 is 0 Å². The van der Waals surface area contributed by atoms with Crippen LogP contribution in [0.25, 0.3) is 0 Å². The van der Waals surface area contributed by atoms with Crippen molar-refractivity contribution < 1.29 is 0 Å². The second-order valence-electron chi connectivity index (χ2n) is 3.21. The quantitative estimate of drug-likeness (QED) is 0.655. The van der Waals surface area contributed by atoms with E-state index in [0.717, 1.165) is 34.3 Å². The van der Waals surface area contributed by atoms with Crippen LogP contribution in [0.2, 0.25) is 0 Å². The molecule has 14 heavy (non-hydrogen) atoms. The van der Waals surface area contributed by atoms with Gasteiger partial charge in [-0.3, -0.25) is 0 Å². The Hall–Kier alpha value is 1.64. The average Bonchev–Trinajstić information content (AvgIpc) is 2.22. The molecule has 0 spiro atoms. The highest BCUT2D eigenvalue weighted by Crippen LogP contribution is 2.19. The molecule has 0 aliphatic carbocycles. The summed E-state index contributed by atoms with van der Waals surface area (Å²) in [4.78, 5) is 0. The molecular weight excluding hydrogens is 248 g/mol. The van der Waals surface area contributed by atoms with E-state index in [1.54, 1.807) is 0 Å². The Morgan fingerprint density at radius 2 is 0.786 bits per heavy atom. The minimum absolute atomic E-state index is 1.15. The third kappa shape index (κ3) is 8.91. The van der Waals surface area contributed by atoms with E-state index in [-0.39, 0.29) is 0 Å². The van der Waals surface area contributed by atoms with E-state index in [9.17, 15) is 0 Å². The summed E-state index contributed by atoms with van der Waals surface area (Å²) in [6.07, 6.45) is 10.9. The van der Waals surface area contributed by atoms with E-state index in [0.29, 0.717) is 0 Å². The van der Waals surface area contributed by atoms with Gasteiger partial charge in [-0.2, -0.15) is 0 Å². The SMILES string of the molecule is C1CPCNCPCCPCNCP1. The zero-order valence-corrected chi connectivity index (χ0v) is 12.7. The van der Waals surface area contributed by atoms with Crippen LogP contribution >= 0.6 is 34.3 Å². The van der Waals surface area contributed by atoms with Crippen LogP contribution in [0.5, 0.6) is 0 Å². The van der Waals surface area contributed by atoms with Crippen LogP contribution in [-0.4, -0.2) is 49.8 Å². The van der Waals surface area contributed by atoms with Crippen LogP contribution in [0.3, 0.4) is 0 Å². The third-order valence-electron chi connectivity index (χ3n) is 1.96. The average molecular weight is 270 g/mol. The molecule has 2 N–H and O–H groups in total. The summed E-state index contributed by atoms with van der Waals surface area (Å²) in [5.74, 6) is 0. The van der Waals surface area contributed by atoms with Gasteiger partial charge in [-0.05, 0) is 24.6 Å². The molecule has 0 saturated carbocycles. The Balaban J connectivity index is 2.00. The van der Waals surface area contributed by atoms with Gasteiger partial charge in [0.2, 0.25) is 0 Å². The maximum absolute atomic E-state index is 3.55. The summed E-state index contributed by atoms with van der Waals surface area (Å²) >= 11 is 0. The smallest absolute Gasteiger partial charge is 0.0130 e. The van der Waals surface area contributed by atoms with Crippen molar-refractivity contribution in [2.75, 3.05) is 49.8 Å². The molecule has 1 rings (SSSR count). The topological polar surface area (TPSA) is 24.1 Å². The summed E-state index contributed by atoms with van der Waals surface area (Å²) in [6, 6.07) is 0. The molecule has 84 valence electrons. The van der Waals surface area contributed by atoms with E-state index >= 15 is 0 Å². The van der Waals surface area contributed by atoms with Crippen molar-refractivity contribution in [1.82, 2.24) is 10.6 Å². The molecule has 1 saturated heterocycles. The molecule has 1 heterocycles. The van der Waals surface area contributed by atoms with Crippen LogP contribution in [0.4, 0.5) is 0 Å². The maximum Gasteiger partial charge on any atom is 0.0130 e. The van der Waals surface area contributed by atoms with Crippen molar-refractivity contribution in [3.8, 4) is 0 Å². The van der Waals surface area contributed by atoms with Gasteiger partial charge in [0.25, 0.3) is 0 Å². The Morgan fingerprint density at radius 3 is 1.07 bits per heavy atom. The van der Waals surface area contributed by atoms with Gasteiger partial charge in [-0.15, -0.1) is 34.3 Å². The highest BCUT2D eigenvalue weighted by Gasteiger charge is 1.94. The van der Waals surface area contributed by atoms with Crippen LogP contribution in [-0.2, 0) is 0 Å². The van der Waals surface area contributed by atoms with Crippen molar-refractivity contribution in [3.63, 3.8) is 0 Å². The minimum Gasteiger partial charge on any atom is -0.309 e. The Morgan fingerprint density at radius 1 is 0.500 bits per heavy atom. The van der Waals surface area contributed by atoms with Gasteiger partial charge >= 0.3 is 0 Å². The molecular formula is C8H22N2P4. The molecule has 0 aromatic carbocycles. The highest BCUT2D eigenvalue weighted by molar-refractivity contribution is 7.43. The Labute approximate surface area is 95.0 Å². The Kier molecular flexibility index (Phi) is 10.9. The predicted octanol–water partition coefficient (Wildman–Crippen LogP) is 1.72. The molecule has 0 aromatic heterocycles. The fourth-order valence-corrected chi connectivity index (χ4v) is 6.43. The van der Waals surface area contributed by atoms with Gasteiger partial charge in [-0.1, -0.05) is 0 Å². The first-order chi connectivity index (χ1) is 7.00. The monoisotopic (exact) mass is 270 g/mol. The molecule has 1 aliphatic rings. The van der Waals surface area contributed by atoms with Gasteiger partial charge in [0.05, 0.1) is 0 Å². The fourth-order valence-electron chi connectivity index (χ4n) is 1.19. The summed E-state index contributed by atoms with van der Waals surface area (Å²) < 4.78 is 0. The lowest BCUT2D eigenvalue weighted by Crippen LogP contribution is -2.13. The third-order valence-corrected chi connectivity index (χ3v) is 7.37. The maximum atomic E-state index is 3.55. The first kappa shape index (κ1) is 13.7. The van der Waals surface area contributed by atoms with E-state index in [2.05, 4.69) is 10.6 Å². The number of hydrogen-bond donors (Lipinski definition) is 2. The van der Waals surface area contributed by atoms with Gasteiger partial charge < -0.3 is 10.6 Å². The van der Waals surface area contributed by atoms with Crippen LogP contribution in [0, 0.1) is 0 Å². The molecule has 2 nitrogen and oxygen atoms in total. The van der Waals surface area contributed by atoms with E-state index in [1.807, 2.05) is 0 Å². The van der Waals surface area contributed by atoms with Crippen molar-refractivity contribution in [1.29, 1.82) is 0 Å². The highest BCUT2D eigenvalue weighted by atomic mass is 31.1. The molecule has 1 aliphatic heterocycles. The normalized spacial score (nSPS) is 30.9. The van der Waals surface area contributed by atoms with Crippen LogP contribution < -0.4 is 10.6 Å². The Bertz CT molecular complexity index is 72.6. The van der Waals surface area contributed by atoms with Crippen molar-refractivity contribution >= 4 is 34.3 Å². The first-order valence-electron chi connectivity index (χ1n) is 5.24. The molecule has 0 radical (unpaired) electrons. The lowest BCUT2D eigenvalue weighted by Gasteiger charge is -2.08. The molecule has 6 heteroatoms. The molecule has 0 bridgehead atoms. The molecule has 1 fully saturated rings. The van der Waals surface area contributed by atoms with Crippen LogP contribution in [0.15, 0.2) is 0 Å². The van der Waals surface area contributed by atoms with Crippen LogP contribution in [0.1, 0.15) is 0 Å². The molecule has 0 amide bonds. The zero-order chi connectivity index (χ0) is 9.90. The summed E-state index contributed by atoms with van der Waals surface area (Å²) in [5, 5.41) is 7.11. The summed E-state index contributed by atoms with van der Waals surface area (Å²) in [7, 11) is 4.59. The first-order valence-corrected chi connectivity index (χ1v) is 10.9. The lowest BCUT2D eigenvalue weighted by molar-refractivity contribution is 0.932. The number of hydrogen-bond acceptors (Lipinski definition) is 2. The van der Waals surface area contributed by atoms with Crippen molar-refractivity contribution in [2.45, 2.75) is 0 Å². The second-order valence-corrected chi connectivity index (χ2v) is 8.62. The van der Waals surface area contributed by atoms with Gasteiger partial charge in [-0.25, -0.2) is 0 Å². The number of rotatable bonds is 0. The van der Waals surface area contributed by atoms with Gasteiger partial charge in [0.15, 0.2) is 0 Å². The largest absolute Gasteiger partial charge is 0.309 e. The van der Waals surface area contributed by atoms with E-state index in [1.165, 1.54) is 49.8 Å². The summed E-state index contributed by atoms with van der Waals surface area (Å²) in [6.45, 7) is 0. The molecule has 4 atom stereocenters. The minimum atomic E-state index is 1.15. The molecule has 0 aromatic rings. The van der Waals surface area contributed by atoms with Gasteiger partial charge in [0, 0.05) is 25.1 Å². The van der Waals surface area contributed by atoms with Crippen molar-refractivity contribution in [3.05, 3.63) is 0 Å². The fraction of sp³-hybridized carbons (Fsp3) is 1.00. The summed E-state index contributed by atoms with van der Waals surface area (Å²) in [5.41, 5.74) is 0. The second kappa shape index (κ2) is 11.1. The van der Waals surface area contributed by atoms with Crippen molar-refractivity contribution in [2.24, 2.45) is 0 Å². The van der Waals surface area contributed by atoms with E-state index in [4.69, 9.17) is 0 Å². The number of nitrogens with one attached hydrogen (secondary N) is 2. The molecule has 4 unspecified atom stereocenters.